The van der Waals surface area contributed by atoms with Gasteiger partial charge in [0.2, 0.25) is 5.79 Å². The van der Waals surface area contributed by atoms with Crippen LogP contribution in [0.2, 0.25) is 0 Å². The van der Waals surface area contributed by atoms with E-state index in [1.54, 1.807) is 6.26 Å². The van der Waals surface area contributed by atoms with Gasteiger partial charge in [-0.05, 0) is 0 Å². The first kappa shape index (κ1) is 6.04. The van der Waals surface area contributed by atoms with E-state index in [9.17, 15) is 0 Å². The second-order valence-electron chi connectivity index (χ2n) is 2.96. The summed E-state index contributed by atoms with van der Waals surface area (Å²) < 4.78 is 15.6. The lowest BCUT2D eigenvalue weighted by Gasteiger charge is -2.17. The Bertz CT molecular complexity index is 179. The van der Waals surface area contributed by atoms with Gasteiger partial charge in [-0.1, -0.05) is 0 Å². The lowest BCUT2D eigenvalue weighted by Crippen LogP contribution is -2.20. The van der Waals surface area contributed by atoms with Crippen molar-refractivity contribution in [2.75, 3.05) is 6.61 Å². The average Bonchev–Trinajstić information content (AvgIpc) is 2.59. The molecule has 2 heterocycles. The van der Waals surface area contributed by atoms with E-state index in [1.165, 1.54) is 0 Å². The largest absolute Gasteiger partial charge is 0.457 e. The molecule has 1 atom stereocenters. The molecule has 2 aliphatic rings. The van der Waals surface area contributed by atoms with Gasteiger partial charge in [0.1, 0.15) is 12.4 Å². The Balaban J connectivity index is 2.01. The number of ether oxygens (including phenoxy) is 3. The van der Waals surface area contributed by atoms with Crippen molar-refractivity contribution in [3.63, 3.8) is 0 Å². The predicted molar refractivity (Wildman–Crippen MR) is 34.1 cm³/mol. The molecular formula is C7H10O3. The van der Waals surface area contributed by atoms with Crippen molar-refractivity contribution in [1.82, 2.24) is 0 Å². The summed E-state index contributed by atoms with van der Waals surface area (Å²) in [6.45, 7) is 4.52. The van der Waals surface area contributed by atoms with E-state index in [1.807, 2.05) is 13.8 Å². The molecule has 2 rings (SSSR count). The van der Waals surface area contributed by atoms with Gasteiger partial charge >= 0.3 is 0 Å². The molecule has 0 amide bonds. The lowest BCUT2D eigenvalue weighted by molar-refractivity contribution is -0.118. The molecule has 0 bridgehead atoms. The summed E-state index contributed by atoms with van der Waals surface area (Å²) >= 11 is 0. The van der Waals surface area contributed by atoms with Crippen molar-refractivity contribution in [2.24, 2.45) is 0 Å². The van der Waals surface area contributed by atoms with Crippen LogP contribution in [0.25, 0.3) is 0 Å². The number of epoxide rings is 1. The molecule has 0 spiro atoms. The minimum absolute atomic E-state index is 0.168. The van der Waals surface area contributed by atoms with E-state index in [0.717, 1.165) is 12.4 Å². The topological polar surface area (TPSA) is 31.0 Å². The van der Waals surface area contributed by atoms with Gasteiger partial charge in [0.25, 0.3) is 0 Å². The molecule has 56 valence electrons. The molecule has 1 saturated heterocycles. The highest BCUT2D eigenvalue weighted by atomic mass is 16.7. The molecule has 0 aliphatic carbocycles. The first-order chi connectivity index (χ1) is 4.67. The third kappa shape index (κ3) is 0.968. The van der Waals surface area contributed by atoms with Crippen molar-refractivity contribution >= 4 is 0 Å². The maximum Gasteiger partial charge on any atom is 0.244 e. The molecule has 0 radical (unpaired) electrons. The SMILES string of the molecule is CC1(C)OC=C([C@H]2CO2)O1. The molecule has 0 N–H and O–H groups in total. The number of hydrogen-bond donors (Lipinski definition) is 0. The van der Waals surface area contributed by atoms with E-state index >= 15 is 0 Å². The Labute approximate surface area is 59.6 Å². The Kier molecular flexibility index (Phi) is 1.01. The van der Waals surface area contributed by atoms with Gasteiger partial charge in [-0.15, -0.1) is 0 Å². The summed E-state index contributed by atoms with van der Waals surface area (Å²) in [6, 6.07) is 0. The molecule has 1 fully saturated rings. The maximum absolute atomic E-state index is 5.39. The predicted octanol–water partition coefficient (Wildman–Crippen LogP) is 1.01. The van der Waals surface area contributed by atoms with E-state index < -0.39 is 5.79 Å². The van der Waals surface area contributed by atoms with Crippen LogP contribution in [-0.4, -0.2) is 18.5 Å². The number of rotatable bonds is 1. The van der Waals surface area contributed by atoms with Crippen molar-refractivity contribution in [2.45, 2.75) is 25.7 Å². The minimum Gasteiger partial charge on any atom is -0.457 e. The monoisotopic (exact) mass is 142 g/mol. The minimum atomic E-state index is -0.485. The molecule has 0 saturated carbocycles. The summed E-state index contributed by atoms with van der Waals surface area (Å²) in [4.78, 5) is 0. The van der Waals surface area contributed by atoms with Crippen molar-refractivity contribution in [3.05, 3.63) is 12.0 Å². The van der Waals surface area contributed by atoms with Gasteiger partial charge < -0.3 is 14.2 Å². The Morgan fingerprint density at radius 2 is 2.30 bits per heavy atom. The van der Waals surface area contributed by atoms with Gasteiger partial charge in [0.15, 0.2) is 5.76 Å². The summed E-state index contributed by atoms with van der Waals surface area (Å²) in [7, 11) is 0. The fraction of sp³-hybridized carbons (Fsp3) is 0.714. The van der Waals surface area contributed by atoms with Gasteiger partial charge in [-0.25, -0.2) is 0 Å². The standard InChI is InChI=1S/C7H10O3/c1-7(2)9-4-6(10-7)5-3-8-5/h4-5H,3H2,1-2H3/t5-/m1/s1. The zero-order chi connectivity index (χ0) is 7.19. The zero-order valence-electron chi connectivity index (χ0n) is 6.09. The maximum atomic E-state index is 5.39. The molecule has 0 aromatic heterocycles. The third-order valence-electron chi connectivity index (χ3n) is 1.47. The van der Waals surface area contributed by atoms with Crippen LogP contribution in [-0.2, 0) is 14.2 Å². The van der Waals surface area contributed by atoms with Crippen LogP contribution in [0, 0.1) is 0 Å². The fourth-order valence-corrected chi connectivity index (χ4v) is 0.886. The summed E-state index contributed by atoms with van der Waals surface area (Å²) in [5.41, 5.74) is 0. The highest BCUT2D eigenvalue weighted by Crippen LogP contribution is 2.31. The molecule has 3 heteroatoms. The third-order valence-corrected chi connectivity index (χ3v) is 1.47. The summed E-state index contributed by atoms with van der Waals surface area (Å²) in [5.74, 6) is 0.339. The number of hydrogen-bond acceptors (Lipinski definition) is 3. The van der Waals surface area contributed by atoms with E-state index in [2.05, 4.69) is 0 Å². The highest BCUT2D eigenvalue weighted by molar-refractivity contribution is 5.07. The molecule has 2 aliphatic heterocycles. The van der Waals surface area contributed by atoms with Gasteiger partial charge in [0, 0.05) is 13.8 Å². The molecule has 0 aromatic rings. The van der Waals surface area contributed by atoms with Gasteiger partial charge in [-0.3, -0.25) is 0 Å². The molecule has 0 aromatic carbocycles. The zero-order valence-corrected chi connectivity index (χ0v) is 6.09. The van der Waals surface area contributed by atoms with Crippen LogP contribution in [0.4, 0.5) is 0 Å². The smallest absolute Gasteiger partial charge is 0.244 e. The van der Waals surface area contributed by atoms with Crippen LogP contribution < -0.4 is 0 Å². The van der Waals surface area contributed by atoms with Crippen LogP contribution in [0.3, 0.4) is 0 Å². The average molecular weight is 142 g/mol. The van der Waals surface area contributed by atoms with Crippen LogP contribution in [0.15, 0.2) is 12.0 Å². The molecular weight excluding hydrogens is 132 g/mol. The quantitative estimate of drug-likeness (QED) is 0.512. The van der Waals surface area contributed by atoms with Crippen molar-refractivity contribution in [3.8, 4) is 0 Å². The Morgan fingerprint density at radius 3 is 2.70 bits per heavy atom. The van der Waals surface area contributed by atoms with Crippen molar-refractivity contribution in [1.29, 1.82) is 0 Å². The highest BCUT2D eigenvalue weighted by Gasteiger charge is 2.38. The van der Waals surface area contributed by atoms with Crippen LogP contribution >= 0.6 is 0 Å². The molecule has 0 unspecified atom stereocenters. The van der Waals surface area contributed by atoms with E-state index in [4.69, 9.17) is 14.2 Å². The van der Waals surface area contributed by atoms with E-state index in [-0.39, 0.29) is 6.10 Å². The second kappa shape index (κ2) is 1.66. The van der Waals surface area contributed by atoms with E-state index in [0.29, 0.717) is 0 Å². The summed E-state index contributed by atoms with van der Waals surface area (Å²) in [5, 5.41) is 0. The first-order valence-corrected chi connectivity index (χ1v) is 3.36. The Hall–Kier alpha value is -0.700. The molecule has 3 nitrogen and oxygen atoms in total. The summed E-state index contributed by atoms with van der Waals surface area (Å²) in [6.07, 6.45) is 1.80. The van der Waals surface area contributed by atoms with Gasteiger partial charge in [0.05, 0.1) is 6.61 Å². The second-order valence-corrected chi connectivity index (χ2v) is 2.96. The fourth-order valence-electron chi connectivity index (χ4n) is 0.886. The van der Waals surface area contributed by atoms with Crippen LogP contribution in [0.5, 0.6) is 0 Å². The lowest BCUT2D eigenvalue weighted by atomic mass is 10.4. The normalized spacial score (nSPS) is 34.2. The van der Waals surface area contributed by atoms with Crippen molar-refractivity contribution < 1.29 is 14.2 Å². The van der Waals surface area contributed by atoms with Crippen LogP contribution in [0.1, 0.15) is 13.8 Å². The van der Waals surface area contributed by atoms with Gasteiger partial charge in [-0.2, -0.15) is 0 Å². The Morgan fingerprint density at radius 1 is 1.60 bits per heavy atom. The first-order valence-electron chi connectivity index (χ1n) is 3.36. The molecule has 10 heavy (non-hydrogen) atoms.